The molecule has 8 heteroatoms. The van der Waals surface area contributed by atoms with Gasteiger partial charge in [-0.2, -0.15) is 0 Å². The van der Waals surface area contributed by atoms with Crippen LogP contribution in [0.25, 0.3) is 0 Å². The van der Waals surface area contributed by atoms with Gasteiger partial charge in [0.05, 0.1) is 0 Å². The van der Waals surface area contributed by atoms with Crippen molar-refractivity contribution < 1.29 is 9.59 Å². The number of hydrogen-bond donors (Lipinski definition) is 2. The smallest absolute Gasteiger partial charge is 0.313 e. The number of hydrogen-bond acceptors (Lipinski definition) is 4. The van der Waals surface area contributed by atoms with Crippen molar-refractivity contribution >= 4 is 46.4 Å². The highest BCUT2D eigenvalue weighted by Gasteiger charge is 2.18. The number of benzene rings is 2. The fraction of sp³-hybridized carbons (Fsp3) is 0.300. The Kier molecular flexibility index (Phi) is 7.14. The molecule has 0 spiro atoms. The van der Waals surface area contributed by atoms with Crippen LogP contribution in [0.3, 0.4) is 0 Å². The fourth-order valence-electron chi connectivity index (χ4n) is 3.01. The van der Waals surface area contributed by atoms with Gasteiger partial charge in [0.25, 0.3) is 0 Å². The minimum atomic E-state index is -0.685. The number of carbonyl (C=O) groups excluding carboxylic acids is 2. The summed E-state index contributed by atoms with van der Waals surface area (Å²) in [5.41, 5.74) is 1.69. The van der Waals surface area contributed by atoms with Gasteiger partial charge in [0, 0.05) is 60.7 Å². The summed E-state index contributed by atoms with van der Waals surface area (Å²) in [6.07, 6.45) is 0. The van der Waals surface area contributed by atoms with E-state index in [1.54, 1.807) is 24.3 Å². The Labute approximate surface area is 174 Å². The molecule has 0 saturated carbocycles. The summed E-state index contributed by atoms with van der Waals surface area (Å²) < 4.78 is 0. The minimum Gasteiger partial charge on any atom is -0.369 e. The summed E-state index contributed by atoms with van der Waals surface area (Å²) in [5, 5.41) is 6.51. The van der Waals surface area contributed by atoms with Crippen LogP contribution in [-0.2, 0) is 9.59 Å². The molecule has 1 fully saturated rings. The SMILES string of the molecule is O=C(NCCN1CCN(c2ccc(Cl)cc2)CC1)C(=O)Nc1ccc(Cl)cc1. The quantitative estimate of drug-likeness (QED) is 0.729. The molecule has 0 bridgehead atoms. The number of rotatable bonds is 5. The highest BCUT2D eigenvalue weighted by molar-refractivity contribution is 6.39. The van der Waals surface area contributed by atoms with Crippen LogP contribution in [0.2, 0.25) is 10.0 Å². The normalized spacial score (nSPS) is 14.6. The molecule has 0 atom stereocenters. The third kappa shape index (κ3) is 5.86. The molecular formula is C20H22Cl2N4O2. The van der Waals surface area contributed by atoms with Crippen LogP contribution in [-0.4, -0.2) is 56.0 Å². The van der Waals surface area contributed by atoms with Crippen LogP contribution in [0.5, 0.6) is 0 Å². The average Bonchev–Trinajstić information content (AvgIpc) is 2.71. The maximum atomic E-state index is 11.9. The van der Waals surface area contributed by atoms with E-state index < -0.39 is 11.8 Å². The first-order valence-electron chi connectivity index (χ1n) is 9.09. The summed E-state index contributed by atoms with van der Waals surface area (Å²) in [6.45, 7) is 4.74. The fourth-order valence-corrected chi connectivity index (χ4v) is 3.26. The van der Waals surface area contributed by atoms with E-state index in [2.05, 4.69) is 20.4 Å². The van der Waals surface area contributed by atoms with Crippen LogP contribution >= 0.6 is 23.2 Å². The van der Waals surface area contributed by atoms with Crippen molar-refractivity contribution in [3.63, 3.8) is 0 Å². The molecular weight excluding hydrogens is 399 g/mol. The molecule has 2 aromatic rings. The molecule has 1 aliphatic rings. The molecule has 1 saturated heterocycles. The molecule has 2 aromatic carbocycles. The van der Waals surface area contributed by atoms with Crippen molar-refractivity contribution in [1.29, 1.82) is 0 Å². The van der Waals surface area contributed by atoms with E-state index in [-0.39, 0.29) is 0 Å². The number of piperazine rings is 1. The van der Waals surface area contributed by atoms with E-state index in [0.717, 1.165) is 36.9 Å². The van der Waals surface area contributed by atoms with Gasteiger partial charge in [-0.1, -0.05) is 23.2 Å². The van der Waals surface area contributed by atoms with E-state index in [1.165, 1.54) is 0 Å². The molecule has 2 amide bonds. The summed E-state index contributed by atoms with van der Waals surface area (Å²) in [6, 6.07) is 14.4. The van der Waals surface area contributed by atoms with Gasteiger partial charge in [-0.15, -0.1) is 0 Å². The van der Waals surface area contributed by atoms with Crippen LogP contribution < -0.4 is 15.5 Å². The van der Waals surface area contributed by atoms with Crippen molar-refractivity contribution in [3.8, 4) is 0 Å². The molecule has 1 aliphatic heterocycles. The van der Waals surface area contributed by atoms with E-state index in [0.29, 0.717) is 23.8 Å². The standard InChI is InChI=1S/C20H22Cl2N4O2/c21-15-1-5-17(6-2-15)24-20(28)19(27)23-9-10-25-11-13-26(14-12-25)18-7-3-16(22)4-8-18/h1-8H,9-14H2,(H,23,27)(H,24,28). The van der Waals surface area contributed by atoms with Crippen molar-refractivity contribution in [2.45, 2.75) is 0 Å². The zero-order valence-electron chi connectivity index (χ0n) is 15.3. The first-order valence-corrected chi connectivity index (χ1v) is 9.84. The van der Waals surface area contributed by atoms with E-state index in [9.17, 15) is 9.59 Å². The Hall–Kier alpha value is -2.28. The lowest BCUT2D eigenvalue weighted by molar-refractivity contribution is -0.136. The molecule has 2 N–H and O–H groups in total. The summed E-state index contributed by atoms with van der Waals surface area (Å²) in [7, 11) is 0. The Morgan fingerprint density at radius 1 is 0.821 bits per heavy atom. The van der Waals surface area contributed by atoms with Gasteiger partial charge in [0.2, 0.25) is 0 Å². The molecule has 148 valence electrons. The van der Waals surface area contributed by atoms with E-state index in [4.69, 9.17) is 23.2 Å². The average molecular weight is 421 g/mol. The number of nitrogens with one attached hydrogen (secondary N) is 2. The van der Waals surface area contributed by atoms with Gasteiger partial charge in [0.15, 0.2) is 0 Å². The van der Waals surface area contributed by atoms with E-state index in [1.807, 2.05) is 24.3 Å². The maximum absolute atomic E-state index is 11.9. The molecule has 6 nitrogen and oxygen atoms in total. The minimum absolute atomic E-state index is 0.424. The lowest BCUT2D eigenvalue weighted by atomic mass is 10.2. The Bertz CT molecular complexity index is 804. The van der Waals surface area contributed by atoms with E-state index >= 15 is 0 Å². The Morgan fingerprint density at radius 3 is 2.00 bits per heavy atom. The highest BCUT2D eigenvalue weighted by atomic mass is 35.5. The molecule has 3 rings (SSSR count). The zero-order valence-corrected chi connectivity index (χ0v) is 16.8. The van der Waals surface area contributed by atoms with Crippen LogP contribution in [0, 0.1) is 0 Å². The van der Waals surface area contributed by atoms with Crippen LogP contribution in [0.1, 0.15) is 0 Å². The number of carbonyl (C=O) groups is 2. The maximum Gasteiger partial charge on any atom is 0.313 e. The zero-order chi connectivity index (χ0) is 19.9. The second-order valence-electron chi connectivity index (χ2n) is 6.52. The number of amides is 2. The highest BCUT2D eigenvalue weighted by Crippen LogP contribution is 2.19. The van der Waals surface area contributed by atoms with Gasteiger partial charge in [0.1, 0.15) is 0 Å². The summed E-state index contributed by atoms with van der Waals surface area (Å²) >= 11 is 11.7. The van der Waals surface area contributed by atoms with Gasteiger partial charge >= 0.3 is 11.8 Å². The molecule has 1 heterocycles. The number of anilines is 2. The van der Waals surface area contributed by atoms with Gasteiger partial charge in [-0.25, -0.2) is 0 Å². The molecule has 0 aliphatic carbocycles. The topological polar surface area (TPSA) is 64.7 Å². The van der Waals surface area contributed by atoms with Gasteiger partial charge in [-0.3, -0.25) is 14.5 Å². The second-order valence-corrected chi connectivity index (χ2v) is 7.39. The second kappa shape index (κ2) is 9.78. The van der Waals surface area contributed by atoms with Crippen molar-refractivity contribution in [1.82, 2.24) is 10.2 Å². The number of halogens is 2. The van der Waals surface area contributed by atoms with Crippen LogP contribution in [0.15, 0.2) is 48.5 Å². The van der Waals surface area contributed by atoms with Crippen molar-refractivity contribution in [2.75, 3.05) is 49.5 Å². The predicted octanol–water partition coefficient (Wildman–Crippen LogP) is 2.87. The van der Waals surface area contributed by atoms with Crippen molar-refractivity contribution in [2.24, 2.45) is 0 Å². The largest absolute Gasteiger partial charge is 0.369 e. The lowest BCUT2D eigenvalue weighted by Gasteiger charge is -2.36. The van der Waals surface area contributed by atoms with Crippen LogP contribution in [0.4, 0.5) is 11.4 Å². The summed E-state index contributed by atoms with van der Waals surface area (Å²) in [5.74, 6) is -1.33. The molecule has 0 radical (unpaired) electrons. The third-order valence-electron chi connectivity index (χ3n) is 4.59. The van der Waals surface area contributed by atoms with Gasteiger partial charge < -0.3 is 15.5 Å². The van der Waals surface area contributed by atoms with Crippen molar-refractivity contribution in [3.05, 3.63) is 58.6 Å². The first-order chi connectivity index (χ1) is 13.5. The lowest BCUT2D eigenvalue weighted by Crippen LogP contribution is -2.49. The predicted molar refractivity (Wildman–Crippen MR) is 113 cm³/mol. The molecule has 0 aromatic heterocycles. The molecule has 0 unspecified atom stereocenters. The number of nitrogens with zero attached hydrogens (tertiary/aromatic N) is 2. The molecule has 28 heavy (non-hydrogen) atoms. The first kappa shape index (κ1) is 20.5. The summed E-state index contributed by atoms with van der Waals surface area (Å²) in [4.78, 5) is 28.4. The van der Waals surface area contributed by atoms with Gasteiger partial charge in [-0.05, 0) is 48.5 Å². The third-order valence-corrected chi connectivity index (χ3v) is 5.09. The Morgan fingerprint density at radius 2 is 1.39 bits per heavy atom. The monoisotopic (exact) mass is 420 g/mol. The Balaban J connectivity index is 1.36.